The van der Waals surface area contributed by atoms with E-state index >= 15 is 0 Å². The Balaban J connectivity index is 1.71. The highest BCUT2D eigenvalue weighted by Crippen LogP contribution is 2.28. The van der Waals surface area contributed by atoms with E-state index in [4.69, 9.17) is 10.1 Å². The molecule has 0 bridgehead atoms. The first kappa shape index (κ1) is 16.1. The second kappa shape index (κ2) is 6.78. The molecule has 1 aromatic carbocycles. The number of allylic oxidation sites excluding steroid dienone is 1. The van der Waals surface area contributed by atoms with Crippen molar-refractivity contribution >= 4 is 28.8 Å². The van der Waals surface area contributed by atoms with Crippen molar-refractivity contribution in [2.75, 3.05) is 7.11 Å². The molecule has 0 saturated heterocycles. The molecule has 0 amide bonds. The third-order valence-corrected chi connectivity index (χ3v) is 4.30. The van der Waals surface area contributed by atoms with Crippen LogP contribution < -0.4 is 5.32 Å². The number of ether oxygens (including phenoxy) is 1. The fraction of sp³-hybridized carbons (Fsp3) is 0.333. The Bertz CT molecular complexity index is 810. The highest BCUT2D eigenvalue weighted by atomic mass is 16.5. The third kappa shape index (κ3) is 3.27. The monoisotopic (exact) mass is 324 g/mol. The smallest absolute Gasteiger partial charge is 0.308 e. The minimum atomic E-state index is -0.153. The fourth-order valence-electron chi connectivity index (χ4n) is 2.77. The maximum atomic E-state index is 11.4. The standard InChI is InChI=1S/C18H20N4O2/c1-11-3-4-15-16(5-11)21-10-17(22-15)13(8-19)9-20-14-6-12(7-14)18(23)24-2/h3-5,8-10,12,14,19-20H,6-7H2,1-2H3/b13-9+,19-8?. The average molecular weight is 324 g/mol. The van der Waals surface area contributed by atoms with E-state index in [1.165, 1.54) is 13.3 Å². The van der Waals surface area contributed by atoms with Gasteiger partial charge in [0, 0.05) is 24.0 Å². The van der Waals surface area contributed by atoms with E-state index in [0.29, 0.717) is 11.3 Å². The van der Waals surface area contributed by atoms with Gasteiger partial charge >= 0.3 is 5.97 Å². The SMILES string of the molecule is COC(=O)C1CC(N/C=C(\C=N)c2cnc3cc(C)ccc3n2)C1. The van der Waals surface area contributed by atoms with Crippen molar-refractivity contribution in [3.63, 3.8) is 0 Å². The molecule has 2 N–H and O–H groups in total. The van der Waals surface area contributed by atoms with Crippen molar-refractivity contribution in [3.05, 3.63) is 41.9 Å². The highest BCUT2D eigenvalue weighted by molar-refractivity contribution is 6.07. The van der Waals surface area contributed by atoms with Gasteiger partial charge < -0.3 is 15.5 Å². The molecule has 2 aromatic rings. The van der Waals surface area contributed by atoms with Crippen molar-refractivity contribution in [1.82, 2.24) is 15.3 Å². The lowest BCUT2D eigenvalue weighted by molar-refractivity contribution is -0.149. The summed E-state index contributed by atoms with van der Waals surface area (Å²) in [7, 11) is 1.41. The summed E-state index contributed by atoms with van der Waals surface area (Å²) in [4.78, 5) is 20.4. The average Bonchev–Trinajstić information content (AvgIpc) is 2.56. The molecule has 6 heteroatoms. The number of nitrogens with zero attached hydrogens (tertiary/aromatic N) is 2. The number of aromatic nitrogens is 2. The Labute approximate surface area is 140 Å². The zero-order valence-electron chi connectivity index (χ0n) is 13.7. The molecule has 1 aliphatic carbocycles. The van der Waals surface area contributed by atoms with E-state index in [0.717, 1.165) is 29.4 Å². The molecule has 0 unspecified atom stereocenters. The molecular formula is C18H20N4O2. The third-order valence-electron chi connectivity index (χ3n) is 4.30. The molecule has 1 saturated carbocycles. The minimum absolute atomic E-state index is 0.0203. The van der Waals surface area contributed by atoms with E-state index in [1.807, 2.05) is 25.1 Å². The second-order valence-electron chi connectivity index (χ2n) is 6.05. The number of carbonyl (C=O) groups is 1. The molecule has 6 nitrogen and oxygen atoms in total. The first-order chi connectivity index (χ1) is 11.6. The number of carbonyl (C=O) groups excluding carboxylic acids is 1. The van der Waals surface area contributed by atoms with Crippen molar-refractivity contribution in [2.45, 2.75) is 25.8 Å². The number of methoxy groups -OCH3 is 1. The summed E-state index contributed by atoms with van der Waals surface area (Å²) in [5.41, 5.74) is 4.10. The van der Waals surface area contributed by atoms with Crippen LogP contribution in [0.4, 0.5) is 0 Å². The van der Waals surface area contributed by atoms with Crippen LogP contribution in [0.1, 0.15) is 24.1 Å². The predicted octanol–water partition coefficient (Wildman–Crippen LogP) is 2.47. The summed E-state index contributed by atoms with van der Waals surface area (Å²) < 4.78 is 4.73. The van der Waals surface area contributed by atoms with E-state index < -0.39 is 0 Å². The molecule has 3 rings (SSSR count). The number of hydrogen-bond acceptors (Lipinski definition) is 6. The van der Waals surface area contributed by atoms with Crippen molar-refractivity contribution in [1.29, 1.82) is 5.41 Å². The van der Waals surface area contributed by atoms with E-state index in [9.17, 15) is 4.79 Å². The van der Waals surface area contributed by atoms with Gasteiger partial charge in [-0.05, 0) is 37.5 Å². The van der Waals surface area contributed by atoms with E-state index in [2.05, 4.69) is 15.3 Å². The zero-order valence-corrected chi connectivity index (χ0v) is 13.7. The molecule has 0 aliphatic heterocycles. The van der Waals surface area contributed by atoms with Gasteiger partial charge in [0.25, 0.3) is 0 Å². The van der Waals surface area contributed by atoms with Crippen LogP contribution in [-0.4, -0.2) is 35.3 Å². The summed E-state index contributed by atoms with van der Waals surface area (Å²) in [6.45, 7) is 2.02. The van der Waals surface area contributed by atoms with Crippen molar-refractivity contribution in [2.24, 2.45) is 5.92 Å². The molecule has 1 heterocycles. The predicted molar refractivity (Wildman–Crippen MR) is 92.7 cm³/mol. The van der Waals surface area contributed by atoms with Crippen LogP contribution in [0.5, 0.6) is 0 Å². The Hall–Kier alpha value is -2.76. The van der Waals surface area contributed by atoms with Crippen LogP contribution in [0, 0.1) is 18.3 Å². The van der Waals surface area contributed by atoms with Crippen LogP contribution in [0.3, 0.4) is 0 Å². The van der Waals surface area contributed by atoms with Crippen molar-refractivity contribution < 1.29 is 9.53 Å². The normalized spacial score (nSPS) is 20.3. The summed E-state index contributed by atoms with van der Waals surface area (Å²) in [6.07, 6.45) is 6.20. The van der Waals surface area contributed by atoms with Gasteiger partial charge in [0.2, 0.25) is 0 Å². The number of benzene rings is 1. The molecule has 1 aromatic heterocycles. The molecule has 1 fully saturated rings. The molecule has 0 radical (unpaired) electrons. The number of rotatable bonds is 5. The Morgan fingerprint density at radius 2 is 2.17 bits per heavy atom. The quantitative estimate of drug-likeness (QED) is 0.651. The van der Waals surface area contributed by atoms with Gasteiger partial charge in [-0.2, -0.15) is 0 Å². The second-order valence-corrected chi connectivity index (χ2v) is 6.05. The largest absolute Gasteiger partial charge is 0.469 e. The Morgan fingerprint density at radius 3 is 2.88 bits per heavy atom. The van der Waals surface area contributed by atoms with Crippen LogP contribution in [0.25, 0.3) is 16.6 Å². The molecular weight excluding hydrogens is 304 g/mol. The number of nitrogens with one attached hydrogen (secondary N) is 2. The van der Waals surface area contributed by atoms with Crippen LogP contribution in [0.15, 0.2) is 30.6 Å². The van der Waals surface area contributed by atoms with Crippen molar-refractivity contribution in [3.8, 4) is 0 Å². The first-order valence-electron chi connectivity index (χ1n) is 7.89. The first-order valence-corrected chi connectivity index (χ1v) is 7.89. The van der Waals surface area contributed by atoms with Gasteiger partial charge in [-0.25, -0.2) is 4.98 Å². The summed E-state index contributed by atoms with van der Waals surface area (Å²) >= 11 is 0. The number of aryl methyl sites for hydroxylation is 1. The lowest BCUT2D eigenvalue weighted by atomic mass is 9.80. The minimum Gasteiger partial charge on any atom is -0.469 e. The van der Waals surface area contributed by atoms with E-state index in [1.54, 1.807) is 12.4 Å². The van der Waals surface area contributed by atoms with Crippen LogP contribution in [0.2, 0.25) is 0 Å². The molecule has 124 valence electrons. The lowest BCUT2D eigenvalue weighted by Gasteiger charge is -2.33. The van der Waals surface area contributed by atoms with Gasteiger partial charge in [-0.1, -0.05) is 6.07 Å². The molecule has 24 heavy (non-hydrogen) atoms. The van der Waals surface area contributed by atoms with Gasteiger partial charge in [0.1, 0.15) is 0 Å². The highest BCUT2D eigenvalue weighted by Gasteiger charge is 2.34. The maximum Gasteiger partial charge on any atom is 0.308 e. The summed E-state index contributed by atoms with van der Waals surface area (Å²) in [6, 6.07) is 6.14. The van der Waals surface area contributed by atoms with Crippen LogP contribution >= 0.6 is 0 Å². The Morgan fingerprint density at radius 1 is 1.38 bits per heavy atom. The van der Waals surface area contributed by atoms with Gasteiger partial charge in [-0.15, -0.1) is 0 Å². The summed E-state index contributed by atoms with van der Waals surface area (Å²) in [5.74, 6) is -0.173. The van der Waals surface area contributed by atoms with E-state index in [-0.39, 0.29) is 17.9 Å². The molecule has 0 atom stereocenters. The number of hydrogen-bond donors (Lipinski definition) is 2. The maximum absolute atomic E-state index is 11.4. The number of fused-ring (bicyclic) bond motifs is 1. The topological polar surface area (TPSA) is 88.0 Å². The van der Waals surface area contributed by atoms with Gasteiger partial charge in [-0.3, -0.25) is 9.78 Å². The molecule has 0 spiro atoms. The number of esters is 1. The molecule has 1 aliphatic rings. The van der Waals surface area contributed by atoms with Gasteiger partial charge in [0.05, 0.1) is 36.0 Å². The Kier molecular flexibility index (Phi) is 4.55. The zero-order chi connectivity index (χ0) is 17.1. The van der Waals surface area contributed by atoms with Crippen LogP contribution in [-0.2, 0) is 9.53 Å². The van der Waals surface area contributed by atoms with Gasteiger partial charge in [0.15, 0.2) is 0 Å². The fourth-order valence-corrected chi connectivity index (χ4v) is 2.77. The lowest BCUT2D eigenvalue weighted by Crippen LogP contribution is -2.42. The summed E-state index contributed by atoms with van der Waals surface area (Å²) in [5, 5.41) is 10.9.